The van der Waals surface area contributed by atoms with E-state index in [2.05, 4.69) is 10.1 Å². The number of nitrogens with zero attached hydrogens (tertiary/aromatic N) is 2. The van der Waals surface area contributed by atoms with Gasteiger partial charge in [-0.05, 0) is 43.2 Å². The number of hydrogen-bond acceptors (Lipinski definition) is 5. The van der Waals surface area contributed by atoms with E-state index in [1.807, 2.05) is 0 Å². The van der Waals surface area contributed by atoms with Crippen LogP contribution in [0.3, 0.4) is 0 Å². The molecule has 0 amide bonds. The van der Waals surface area contributed by atoms with Crippen LogP contribution in [0.1, 0.15) is 49.5 Å². The van der Waals surface area contributed by atoms with E-state index in [1.165, 1.54) is 38.5 Å². The Kier molecular flexibility index (Phi) is 5.74. The van der Waals surface area contributed by atoms with Crippen LogP contribution in [0.2, 0.25) is 0 Å². The topological polar surface area (TPSA) is 57.4 Å². The number of rotatable bonds is 6. The maximum atomic E-state index is 13.8. The number of ether oxygens (including phenoxy) is 2. The van der Waals surface area contributed by atoms with Crippen LogP contribution in [0.15, 0.2) is 40.9 Å². The summed E-state index contributed by atoms with van der Waals surface area (Å²) >= 11 is 0. The maximum absolute atomic E-state index is 13.8. The second-order valence-corrected chi connectivity index (χ2v) is 7.18. The van der Waals surface area contributed by atoms with E-state index in [0.717, 1.165) is 24.5 Å². The van der Waals surface area contributed by atoms with Crippen LogP contribution >= 0.6 is 0 Å². The molecule has 152 valence electrons. The van der Waals surface area contributed by atoms with Crippen molar-refractivity contribution < 1.29 is 22.8 Å². The molecule has 0 bridgehead atoms. The lowest BCUT2D eigenvalue weighted by Gasteiger charge is -2.17. The zero-order valence-corrected chi connectivity index (χ0v) is 16.2. The molecule has 1 saturated carbocycles. The molecule has 0 radical (unpaired) electrons. The van der Waals surface area contributed by atoms with Gasteiger partial charge in [-0.15, -0.1) is 0 Å². The van der Waals surface area contributed by atoms with Crippen molar-refractivity contribution >= 4 is 0 Å². The summed E-state index contributed by atoms with van der Waals surface area (Å²) in [4.78, 5) is 4.56. The summed E-state index contributed by atoms with van der Waals surface area (Å²) < 4.78 is 43.4. The van der Waals surface area contributed by atoms with Crippen LogP contribution in [0.4, 0.5) is 8.78 Å². The molecule has 7 heteroatoms. The Bertz CT molecular complexity index is 984. The highest BCUT2D eigenvalue weighted by molar-refractivity contribution is 5.60. The maximum Gasteiger partial charge on any atom is 0.230 e. The lowest BCUT2D eigenvalue weighted by molar-refractivity contribution is 0.279. The molecule has 3 aromatic rings. The lowest BCUT2D eigenvalue weighted by atomic mass is 9.89. The van der Waals surface area contributed by atoms with Crippen molar-refractivity contribution in [2.75, 3.05) is 7.11 Å². The molecule has 4 rings (SSSR count). The zero-order valence-electron chi connectivity index (χ0n) is 16.2. The van der Waals surface area contributed by atoms with E-state index in [4.69, 9.17) is 14.0 Å². The SMILES string of the molecule is COc1cc(-c2noc(C3CCCCC3)n2)ccc1OCc1ccc(F)cc1F. The molecule has 0 atom stereocenters. The highest BCUT2D eigenvalue weighted by Crippen LogP contribution is 2.35. The van der Waals surface area contributed by atoms with Crippen molar-refractivity contribution in [2.24, 2.45) is 0 Å². The Morgan fingerprint density at radius 1 is 1.03 bits per heavy atom. The number of methoxy groups -OCH3 is 1. The standard InChI is InChI=1S/C22H22F2N2O3/c1-27-20-11-15(21-25-22(29-26-21)14-5-3-2-4-6-14)8-10-19(20)28-13-16-7-9-17(23)12-18(16)24/h7-12,14H,2-6,13H2,1H3. The summed E-state index contributed by atoms with van der Waals surface area (Å²) in [6.07, 6.45) is 5.81. The molecule has 1 aliphatic rings. The van der Waals surface area contributed by atoms with E-state index in [9.17, 15) is 8.78 Å². The van der Waals surface area contributed by atoms with Crippen LogP contribution in [0.5, 0.6) is 11.5 Å². The molecule has 1 aliphatic carbocycles. The molecule has 0 spiro atoms. The number of hydrogen-bond donors (Lipinski definition) is 0. The first kappa shape index (κ1) is 19.4. The Labute approximate surface area is 167 Å². The molecule has 29 heavy (non-hydrogen) atoms. The van der Waals surface area contributed by atoms with Gasteiger partial charge in [-0.2, -0.15) is 4.98 Å². The summed E-state index contributed by atoms with van der Waals surface area (Å²) in [5.41, 5.74) is 1.00. The minimum atomic E-state index is -0.650. The van der Waals surface area contributed by atoms with Crippen LogP contribution < -0.4 is 9.47 Å². The van der Waals surface area contributed by atoms with Crippen molar-refractivity contribution in [3.8, 4) is 22.9 Å². The second kappa shape index (κ2) is 8.59. The molecule has 1 fully saturated rings. The summed E-state index contributed by atoms with van der Waals surface area (Å²) in [6.45, 7) is -0.0458. The largest absolute Gasteiger partial charge is 0.493 e. The van der Waals surface area contributed by atoms with Gasteiger partial charge in [0.05, 0.1) is 7.11 Å². The monoisotopic (exact) mass is 400 g/mol. The molecule has 5 nitrogen and oxygen atoms in total. The van der Waals surface area contributed by atoms with Gasteiger partial charge < -0.3 is 14.0 Å². The third kappa shape index (κ3) is 4.39. The van der Waals surface area contributed by atoms with Gasteiger partial charge >= 0.3 is 0 Å². The quantitative estimate of drug-likeness (QED) is 0.535. The summed E-state index contributed by atoms with van der Waals surface area (Å²) in [7, 11) is 1.52. The zero-order chi connectivity index (χ0) is 20.2. The normalized spacial score (nSPS) is 14.7. The Hall–Kier alpha value is -2.96. The first-order valence-corrected chi connectivity index (χ1v) is 9.73. The Morgan fingerprint density at radius 3 is 2.62 bits per heavy atom. The first-order valence-electron chi connectivity index (χ1n) is 9.73. The predicted molar refractivity (Wildman–Crippen MR) is 103 cm³/mol. The first-order chi connectivity index (χ1) is 14.1. The summed E-state index contributed by atoms with van der Waals surface area (Å²) in [6, 6.07) is 8.66. The number of aromatic nitrogens is 2. The molecular weight excluding hydrogens is 378 g/mol. The molecular formula is C22H22F2N2O3. The minimum absolute atomic E-state index is 0.0458. The van der Waals surface area contributed by atoms with Crippen molar-refractivity contribution in [3.63, 3.8) is 0 Å². The van der Waals surface area contributed by atoms with Gasteiger partial charge in [-0.25, -0.2) is 8.78 Å². The predicted octanol–water partition coefficient (Wildman–Crippen LogP) is 5.65. The van der Waals surface area contributed by atoms with E-state index < -0.39 is 11.6 Å². The van der Waals surface area contributed by atoms with Crippen LogP contribution in [-0.2, 0) is 6.61 Å². The highest BCUT2D eigenvalue weighted by atomic mass is 19.1. The third-order valence-corrected chi connectivity index (χ3v) is 5.22. The van der Waals surface area contributed by atoms with Crippen LogP contribution in [0.25, 0.3) is 11.4 Å². The van der Waals surface area contributed by atoms with Crippen molar-refractivity contribution in [2.45, 2.75) is 44.6 Å². The van der Waals surface area contributed by atoms with Gasteiger partial charge in [0.15, 0.2) is 11.5 Å². The molecule has 2 aromatic carbocycles. The van der Waals surface area contributed by atoms with Crippen molar-refractivity contribution in [1.82, 2.24) is 10.1 Å². The third-order valence-electron chi connectivity index (χ3n) is 5.22. The van der Waals surface area contributed by atoms with Gasteiger partial charge in [-0.3, -0.25) is 0 Å². The summed E-state index contributed by atoms with van der Waals surface area (Å²) in [5.74, 6) is 1.15. The fraction of sp³-hybridized carbons (Fsp3) is 0.364. The number of halogens is 2. The molecule has 1 aromatic heterocycles. The molecule has 0 N–H and O–H groups in total. The fourth-order valence-electron chi connectivity index (χ4n) is 3.59. The summed E-state index contributed by atoms with van der Waals surface area (Å²) in [5, 5.41) is 4.11. The average Bonchev–Trinajstić information content (AvgIpc) is 3.24. The van der Waals surface area contributed by atoms with E-state index in [1.54, 1.807) is 18.2 Å². The molecule has 0 saturated heterocycles. The van der Waals surface area contributed by atoms with E-state index >= 15 is 0 Å². The van der Waals surface area contributed by atoms with E-state index in [0.29, 0.717) is 29.1 Å². The molecule has 1 heterocycles. The second-order valence-electron chi connectivity index (χ2n) is 7.18. The van der Waals surface area contributed by atoms with Gasteiger partial charge in [-0.1, -0.05) is 24.4 Å². The minimum Gasteiger partial charge on any atom is -0.493 e. The lowest BCUT2D eigenvalue weighted by Crippen LogP contribution is -2.04. The van der Waals surface area contributed by atoms with Gasteiger partial charge in [0.25, 0.3) is 0 Å². The molecule has 0 unspecified atom stereocenters. The average molecular weight is 400 g/mol. The Morgan fingerprint density at radius 2 is 1.86 bits per heavy atom. The number of benzene rings is 2. The highest BCUT2D eigenvalue weighted by Gasteiger charge is 2.22. The Balaban J connectivity index is 1.50. The van der Waals surface area contributed by atoms with Gasteiger partial charge in [0.1, 0.15) is 18.2 Å². The molecule has 0 aliphatic heterocycles. The van der Waals surface area contributed by atoms with Crippen molar-refractivity contribution in [3.05, 3.63) is 59.5 Å². The smallest absolute Gasteiger partial charge is 0.230 e. The fourth-order valence-corrected chi connectivity index (χ4v) is 3.59. The van der Waals surface area contributed by atoms with Crippen LogP contribution in [0, 0.1) is 11.6 Å². The van der Waals surface area contributed by atoms with Crippen LogP contribution in [-0.4, -0.2) is 17.3 Å². The van der Waals surface area contributed by atoms with Crippen molar-refractivity contribution in [1.29, 1.82) is 0 Å². The van der Waals surface area contributed by atoms with Gasteiger partial charge in [0.2, 0.25) is 11.7 Å². The van der Waals surface area contributed by atoms with Gasteiger partial charge in [0, 0.05) is 23.1 Å². The van der Waals surface area contributed by atoms with E-state index in [-0.39, 0.29) is 12.2 Å².